The first-order valence-electron chi connectivity index (χ1n) is 9.27. The summed E-state index contributed by atoms with van der Waals surface area (Å²) in [6, 6.07) is 1.58. The maximum atomic E-state index is 13.0. The highest BCUT2D eigenvalue weighted by molar-refractivity contribution is 6.05. The first-order chi connectivity index (χ1) is 13.5. The summed E-state index contributed by atoms with van der Waals surface area (Å²) in [4.78, 5) is 36.0. The van der Waals surface area contributed by atoms with Gasteiger partial charge in [-0.05, 0) is 46.6 Å². The second-order valence-corrected chi connectivity index (χ2v) is 7.80. The van der Waals surface area contributed by atoms with Gasteiger partial charge in [0.1, 0.15) is 29.1 Å². The lowest BCUT2D eigenvalue weighted by Gasteiger charge is -2.31. The number of halogens is 1. The van der Waals surface area contributed by atoms with Crippen molar-refractivity contribution in [1.82, 2.24) is 19.9 Å². The topological polar surface area (TPSA) is 137 Å². The number of piperidine rings is 1. The summed E-state index contributed by atoms with van der Waals surface area (Å²) < 4.78 is 18.1. The Morgan fingerprint density at radius 1 is 1.28 bits per heavy atom. The molecule has 1 saturated heterocycles. The number of hydrogen-bond donors (Lipinski definition) is 2. The van der Waals surface area contributed by atoms with Gasteiger partial charge in [0.05, 0.1) is 12.1 Å². The van der Waals surface area contributed by atoms with Gasteiger partial charge in [0.25, 0.3) is 5.91 Å². The summed E-state index contributed by atoms with van der Waals surface area (Å²) in [6.45, 7) is 7.95. The van der Waals surface area contributed by atoms with E-state index in [1.807, 2.05) is 20.8 Å². The summed E-state index contributed by atoms with van der Waals surface area (Å²) in [5, 5.41) is 0. The average Bonchev–Trinajstić information content (AvgIpc) is 2.61. The number of carbonyl (C=O) groups is 2. The molecule has 29 heavy (non-hydrogen) atoms. The van der Waals surface area contributed by atoms with E-state index < -0.39 is 23.8 Å². The molecule has 1 aliphatic rings. The Bertz CT molecular complexity index is 899. The molecular formula is C19H27FN6O3. The molecule has 0 bridgehead atoms. The fraction of sp³-hybridized carbons (Fsp3) is 0.526. The van der Waals surface area contributed by atoms with E-state index in [0.29, 0.717) is 35.3 Å². The molecule has 0 aromatic carbocycles. The summed E-state index contributed by atoms with van der Waals surface area (Å²) in [5.41, 5.74) is 12.1. The fourth-order valence-corrected chi connectivity index (χ4v) is 2.79. The normalized spacial score (nSPS) is 16.7. The number of amides is 2. The maximum absolute atomic E-state index is 13.0. The molecule has 2 amide bonds. The molecule has 9 nitrogen and oxygen atoms in total. The number of nitrogen functional groups attached to an aromatic ring is 1. The minimum Gasteiger partial charge on any atom is -0.444 e. The predicted molar refractivity (Wildman–Crippen MR) is 107 cm³/mol. The fourth-order valence-electron chi connectivity index (χ4n) is 2.79. The van der Waals surface area contributed by atoms with Crippen LogP contribution in [-0.2, 0) is 4.74 Å². The third-order valence-electron chi connectivity index (χ3n) is 4.03. The molecule has 0 saturated carbocycles. The molecular weight excluding hydrogens is 379 g/mol. The Morgan fingerprint density at radius 2 is 1.97 bits per heavy atom. The van der Waals surface area contributed by atoms with Gasteiger partial charge in [0, 0.05) is 12.2 Å². The van der Waals surface area contributed by atoms with Crippen molar-refractivity contribution in [3.63, 3.8) is 0 Å². The third kappa shape index (κ3) is 6.23. The van der Waals surface area contributed by atoms with Crippen LogP contribution in [0, 0.1) is 6.92 Å². The first-order valence-corrected chi connectivity index (χ1v) is 9.27. The summed E-state index contributed by atoms with van der Waals surface area (Å²) in [7, 11) is 0. The van der Waals surface area contributed by atoms with Crippen LogP contribution in [0.2, 0.25) is 0 Å². The molecule has 0 radical (unpaired) electrons. The number of nitrogens with zero attached hydrogens (tertiary/aromatic N) is 4. The first kappa shape index (κ1) is 22.3. The minimum absolute atomic E-state index is 0.176. The molecule has 1 fully saturated rings. The van der Waals surface area contributed by atoms with Crippen LogP contribution in [0.1, 0.15) is 49.7 Å². The van der Waals surface area contributed by atoms with Gasteiger partial charge in [0.2, 0.25) is 0 Å². The highest BCUT2D eigenvalue weighted by Crippen LogP contribution is 2.19. The smallest absolute Gasteiger partial charge is 0.410 e. The number of anilines is 1. The van der Waals surface area contributed by atoms with Gasteiger partial charge in [-0.3, -0.25) is 4.79 Å². The van der Waals surface area contributed by atoms with E-state index in [2.05, 4.69) is 15.0 Å². The number of ether oxygens (including phenoxy) is 1. The lowest BCUT2D eigenvalue weighted by atomic mass is 10.1. The van der Waals surface area contributed by atoms with Crippen molar-refractivity contribution in [1.29, 1.82) is 0 Å². The second-order valence-electron chi connectivity index (χ2n) is 7.80. The number of likely N-dealkylation sites (tertiary alicyclic amines) is 1. The molecule has 1 unspecified atom stereocenters. The summed E-state index contributed by atoms with van der Waals surface area (Å²) in [6.07, 6.45) is 1.26. The van der Waals surface area contributed by atoms with E-state index in [4.69, 9.17) is 16.2 Å². The van der Waals surface area contributed by atoms with Crippen molar-refractivity contribution in [2.45, 2.75) is 52.3 Å². The summed E-state index contributed by atoms with van der Waals surface area (Å²) >= 11 is 0. The van der Waals surface area contributed by atoms with Crippen molar-refractivity contribution in [3.05, 3.63) is 23.7 Å². The molecule has 3 rings (SSSR count). The number of primary amides is 1. The number of alkyl halides is 1. The van der Waals surface area contributed by atoms with Gasteiger partial charge in [0.15, 0.2) is 5.82 Å². The predicted octanol–water partition coefficient (Wildman–Crippen LogP) is 2.37. The van der Waals surface area contributed by atoms with Crippen LogP contribution < -0.4 is 11.5 Å². The minimum atomic E-state index is -0.892. The van der Waals surface area contributed by atoms with Crippen molar-refractivity contribution in [3.8, 4) is 0 Å². The van der Waals surface area contributed by atoms with Crippen molar-refractivity contribution >= 4 is 28.9 Å². The SMILES string of the molecule is CC(C)(C)OC(=O)N1CCCC(F)C1.Cc1cc(C(N)=O)c2ncnc(N)c2n1. The zero-order valence-corrected chi connectivity index (χ0v) is 17.1. The van der Waals surface area contributed by atoms with Crippen LogP contribution in [0.5, 0.6) is 0 Å². The number of pyridine rings is 1. The lowest BCUT2D eigenvalue weighted by molar-refractivity contribution is 0.0139. The molecule has 0 aliphatic carbocycles. The monoisotopic (exact) mass is 406 g/mol. The maximum Gasteiger partial charge on any atom is 0.410 e. The van der Waals surface area contributed by atoms with E-state index in [1.54, 1.807) is 13.0 Å². The molecule has 10 heteroatoms. The average molecular weight is 406 g/mol. The van der Waals surface area contributed by atoms with Gasteiger partial charge in [-0.1, -0.05) is 0 Å². The molecule has 4 N–H and O–H groups in total. The van der Waals surface area contributed by atoms with Crippen LogP contribution in [0.15, 0.2) is 12.4 Å². The standard InChI is InChI=1S/C10H18FNO2.C9H9N5O/c1-10(2,3)14-9(13)12-6-4-5-8(11)7-12;1-4-2-5(9(11)15)6-7(14-4)8(10)13-3-12-6/h8H,4-7H2,1-3H3;2-3H,1H3,(H2,11,15)(H2,10,12,13). The van der Waals surface area contributed by atoms with Crippen LogP contribution in [0.25, 0.3) is 11.0 Å². The second kappa shape index (κ2) is 8.97. The highest BCUT2D eigenvalue weighted by atomic mass is 19.1. The molecule has 2 aromatic heterocycles. The molecule has 0 spiro atoms. The van der Waals surface area contributed by atoms with Crippen molar-refractivity contribution in [2.24, 2.45) is 5.73 Å². The molecule has 158 valence electrons. The van der Waals surface area contributed by atoms with E-state index >= 15 is 0 Å². The van der Waals surface area contributed by atoms with E-state index in [9.17, 15) is 14.0 Å². The van der Waals surface area contributed by atoms with Crippen molar-refractivity contribution in [2.75, 3.05) is 18.8 Å². The zero-order valence-electron chi connectivity index (χ0n) is 17.1. The number of rotatable bonds is 1. The van der Waals surface area contributed by atoms with E-state index in [-0.39, 0.29) is 12.4 Å². The Hall–Kier alpha value is -3.04. The van der Waals surface area contributed by atoms with Gasteiger partial charge in [-0.2, -0.15) is 0 Å². The van der Waals surface area contributed by atoms with E-state index in [0.717, 1.165) is 6.42 Å². The highest BCUT2D eigenvalue weighted by Gasteiger charge is 2.27. The van der Waals surface area contributed by atoms with Crippen LogP contribution in [-0.4, -0.2) is 56.7 Å². The number of aromatic nitrogens is 3. The molecule has 1 atom stereocenters. The number of carbonyl (C=O) groups excluding carboxylic acids is 2. The molecule has 3 heterocycles. The van der Waals surface area contributed by atoms with Gasteiger partial charge in [-0.15, -0.1) is 0 Å². The van der Waals surface area contributed by atoms with Gasteiger partial charge in [-0.25, -0.2) is 24.1 Å². The Labute approximate surface area is 168 Å². The molecule has 1 aliphatic heterocycles. The zero-order chi connectivity index (χ0) is 21.8. The van der Waals surface area contributed by atoms with Crippen LogP contribution in [0.3, 0.4) is 0 Å². The third-order valence-corrected chi connectivity index (χ3v) is 4.03. The number of hydrogen-bond acceptors (Lipinski definition) is 7. The Morgan fingerprint density at radius 3 is 2.55 bits per heavy atom. The number of fused-ring (bicyclic) bond motifs is 1. The largest absolute Gasteiger partial charge is 0.444 e. The van der Waals surface area contributed by atoms with Gasteiger partial charge >= 0.3 is 6.09 Å². The van der Waals surface area contributed by atoms with Crippen LogP contribution >= 0.6 is 0 Å². The lowest BCUT2D eigenvalue weighted by Crippen LogP contribution is -2.43. The summed E-state index contributed by atoms with van der Waals surface area (Å²) in [5.74, 6) is -0.310. The van der Waals surface area contributed by atoms with Crippen molar-refractivity contribution < 1.29 is 18.7 Å². The number of nitrogens with two attached hydrogens (primary N) is 2. The van der Waals surface area contributed by atoms with Crippen LogP contribution in [0.4, 0.5) is 15.0 Å². The van der Waals surface area contributed by atoms with E-state index in [1.165, 1.54) is 11.2 Å². The number of aryl methyl sites for hydroxylation is 1. The quantitative estimate of drug-likeness (QED) is 0.741. The molecule has 2 aromatic rings. The Kier molecular flexibility index (Phi) is 6.89. The van der Waals surface area contributed by atoms with Gasteiger partial charge < -0.3 is 21.1 Å². The Balaban J connectivity index is 0.000000208.